The third kappa shape index (κ3) is 4.53. The van der Waals surface area contributed by atoms with E-state index >= 15 is 0 Å². The van der Waals surface area contributed by atoms with E-state index in [1.165, 1.54) is 0 Å². The van der Waals surface area contributed by atoms with E-state index in [1.807, 2.05) is 13.8 Å². The highest BCUT2D eigenvalue weighted by Gasteiger charge is 2.12. The summed E-state index contributed by atoms with van der Waals surface area (Å²) < 4.78 is 0. The molecule has 0 radical (unpaired) electrons. The smallest absolute Gasteiger partial charge is 0.303 e. The molecule has 0 aromatic heterocycles. The summed E-state index contributed by atoms with van der Waals surface area (Å²) in [5.74, 6) is -0.699. The van der Waals surface area contributed by atoms with Crippen LogP contribution in [0.15, 0.2) is 0 Å². The standard InChI is InChI=1S/C8H14O3/c1-6(2)7(5-9)3-4-8(10)11/h5-7H,3-4H2,1-2H3,(H,10,11). The molecule has 64 valence electrons. The van der Waals surface area contributed by atoms with E-state index in [-0.39, 0.29) is 18.3 Å². The summed E-state index contributed by atoms with van der Waals surface area (Å²) in [5, 5.41) is 8.32. The molecule has 11 heavy (non-hydrogen) atoms. The number of hydrogen-bond acceptors (Lipinski definition) is 2. The van der Waals surface area contributed by atoms with Crippen molar-refractivity contribution in [2.75, 3.05) is 0 Å². The quantitative estimate of drug-likeness (QED) is 0.614. The van der Waals surface area contributed by atoms with Gasteiger partial charge in [0.15, 0.2) is 0 Å². The second-order valence-corrected chi connectivity index (χ2v) is 2.98. The van der Waals surface area contributed by atoms with Crippen molar-refractivity contribution in [3.63, 3.8) is 0 Å². The Balaban J connectivity index is 3.69. The van der Waals surface area contributed by atoms with Gasteiger partial charge in [0.05, 0.1) is 0 Å². The molecule has 1 N–H and O–H groups in total. The highest BCUT2D eigenvalue weighted by molar-refractivity contribution is 5.67. The van der Waals surface area contributed by atoms with Gasteiger partial charge in [0.25, 0.3) is 0 Å². The first-order chi connectivity index (χ1) is 5.07. The van der Waals surface area contributed by atoms with Crippen LogP contribution in [-0.2, 0) is 9.59 Å². The number of carbonyl (C=O) groups is 2. The first-order valence-corrected chi connectivity index (χ1v) is 3.75. The highest BCUT2D eigenvalue weighted by Crippen LogP contribution is 2.13. The largest absolute Gasteiger partial charge is 0.481 e. The number of aldehydes is 1. The number of hydrogen-bond donors (Lipinski definition) is 1. The zero-order valence-electron chi connectivity index (χ0n) is 6.91. The summed E-state index contributed by atoms with van der Waals surface area (Å²) in [5.41, 5.74) is 0. The maximum absolute atomic E-state index is 10.4. The molecule has 0 aromatic carbocycles. The number of rotatable bonds is 5. The predicted molar refractivity (Wildman–Crippen MR) is 41.3 cm³/mol. The van der Waals surface area contributed by atoms with Crippen LogP contribution >= 0.6 is 0 Å². The molecule has 0 aliphatic heterocycles. The second kappa shape index (κ2) is 4.88. The average Bonchev–Trinajstić information content (AvgIpc) is 1.87. The normalized spacial score (nSPS) is 13.0. The average molecular weight is 158 g/mol. The van der Waals surface area contributed by atoms with Crippen LogP contribution in [0.1, 0.15) is 26.7 Å². The summed E-state index contributed by atoms with van der Waals surface area (Å²) in [7, 11) is 0. The molecule has 0 rings (SSSR count). The molecule has 3 nitrogen and oxygen atoms in total. The Hall–Kier alpha value is -0.860. The lowest BCUT2D eigenvalue weighted by molar-refractivity contribution is -0.137. The van der Waals surface area contributed by atoms with Crippen LogP contribution in [0.2, 0.25) is 0 Å². The van der Waals surface area contributed by atoms with Crippen molar-refractivity contribution < 1.29 is 14.7 Å². The van der Waals surface area contributed by atoms with E-state index in [4.69, 9.17) is 5.11 Å². The minimum atomic E-state index is -0.836. The van der Waals surface area contributed by atoms with Crippen molar-refractivity contribution in [2.45, 2.75) is 26.7 Å². The van der Waals surface area contributed by atoms with Crippen molar-refractivity contribution >= 4 is 12.3 Å². The summed E-state index contributed by atoms with van der Waals surface area (Å²) in [4.78, 5) is 20.5. The van der Waals surface area contributed by atoms with Gasteiger partial charge in [-0.1, -0.05) is 13.8 Å². The van der Waals surface area contributed by atoms with Crippen LogP contribution in [0.25, 0.3) is 0 Å². The lowest BCUT2D eigenvalue weighted by Gasteiger charge is -2.11. The summed E-state index contributed by atoms with van der Waals surface area (Å²) in [6.07, 6.45) is 1.38. The van der Waals surface area contributed by atoms with E-state index < -0.39 is 5.97 Å². The Morgan fingerprint density at radius 1 is 1.55 bits per heavy atom. The molecule has 1 atom stereocenters. The van der Waals surface area contributed by atoms with Crippen LogP contribution in [0.5, 0.6) is 0 Å². The third-order valence-corrected chi connectivity index (χ3v) is 1.72. The summed E-state index contributed by atoms with van der Waals surface area (Å²) >= 11 is 0. The first-order valence-electron chi connectivity index (χ1n) is 3.75. The minimum absolute atomic E-state index is 0.0849. The van der Waals surface area contributed by atoms with Gasteiger partial charge in [0.2, 0.25) is 0 Å². The van der Waals surface area contributed by atoms with E-state index in [9.17, 15) is 9.59 Å². The van der Waals surface area contributed by atoms with Gasteiger partial charge in [-0.3, -0.25) is 4.79 Å². The van der Waals surface area contributed by atoms with E-state index in [0.29, 0.717) is 6.42 Å². The number of carboxylic acid groups (broad SMARTS) is 1. The summed E-state index contributed by atoms with van der Waals surface area (Å²) in [6, 6.07) is 0. The van der Waals surface area contributed by atoms with Gasteiger partial charge in [0.1, 0.15) is 6.29 Å². The molecule has 0 aliphatic carbocycles. The Morgan fingerprint density at radius 2 is 2.09 bits per heavy atom. The fraction of sp³-hybridized carbons (Fsp3) is 0.750. The van der Waals surface area contributed by atoms with Gasteiger partial charge in [-0.2, -0.15) is 0 Å². The molecule has 0 aliphatic rings. The fourth-order valence-corrected chi connectivity index (χ4v) is 0.849. The minimum Gasteiger partial charge on any atom is -0.481 e. The Bertz CT molecular complexity index is 140. The van der Waals surface area contributed by atoms with Gasteiger partial charge in [0, 0.05) is 12.3 Å². The van der Waals surface area contributed by atoms with E-state index in [0.717, 1.165) is 6.29 Å². The molecule has 1 unspecified atom stereocenters. The maximum atomic E-state index is 10.4. The molecule has 0 heterocycles. The molecule has 0 saturated carbocycles. The van der Waals surface area contributed by atoms with E-state index in [2.05, 4.69) is 0 Å². The van der Waals surface area contributed by atoms with Gasteiger partial charge in [-0.25, -0.2) is 0 Å². The van der Waals surface area contributed by atoms with Crippen molar-refractivity contribution in [2.24, 2.45) is 11.8 Å². The molecule has 0 amide bonds. The third-order valence-electron chi connectivity index (χ3n) is 1.72. The zero-order chi connectivity index (χ0) is 8.85. The van der Waals surface area contributed by atoms with Crippen molar-refractivity contribution in [1.82, 2.24) is 0 Å². The highest BCUT2D eigenvalue weighted by atomic mass is 16.4. The Morgan fingerprint density at radius 3 is 2.36 bits per heavy atom. The lowest BCUT2D eigenvalue weighted by atomic mass is 9.93. The second-order valence-electron chi connectivity index (χ2n) is 2.98. The monoisotopic (exact) mass is 158 g/mol. The molecule has 0 bridgehead atoms. The zero-order valence-corrected chi connectivity index (χ0v) is 6.91. The summed E-state index contributed by atoms with van der Waals surface area (Å²) in [6.45, 7) is 3.84. The topological polar surface area (TPSA) is 54.4 Å². The number of carbonyl (C=O) groups excluding carboxylic acids is 1. The predicted octanol–water partition coefficient (Wildman–Crippen LogP) is 1.32. The molecule has 0 aromatic rings. The maximum Gasteiger partial charge on any atom is 0.303 e. The van der Waals surface area contributed by atoms with Gasteiger partial charge >= 0.3 is 5.97 Å². The SMILES string of the molecule is CC(C)C(C=O)CCC(=O)O. The molecule has 0 spiro atoms. The first kappa shape index (κ1) is 10.1. The lowest BCUT2D eigenvalue weighted by Crippen LogP contribution is -2.11. The molecule has 0 fully saturated rings. The van der Waals surface area contributed by atoms with Crippen molar-refractivity contribution in [1.29, 1.82) is 0 Å². The van der Waals surface area contributed by atoms with Crippen molar-refractivity contribution in [3.05, 3.63) is 0 Å². The van der Waals surface area contributed by atoms with Crippen LogP contribution < -0.4 is 0 Å². The number of carboxylic acids is 1. The molecular formula is C8H14O3. The van der Waals surface area contributed by atoms with Crippen LogP contribution in [0.3, 0.4) is 0 Å². The van der Waals surface area contributed by atoms with Gasteiger partial charge in [-0.15, -0.1) is 0 Å². The molecule has 3 heteroatoms. The molecular weight excluding hydrogens is 144 g/mol. The van der Waals surface area contributed by atoms with Crippen molar-refractivity contribution in [3.8, 4) is 0 Å². The van der Waals surface area contributed by atoms with Crippen LogP contribution in [0.4, 0.5) is 0 Å². The molecule has 0 saturated heterocycles. The Labute approximate surface area is 66.4 Å². The van der Waals surface area contributed by atoms with E-state index in [1.54, 1.807) is 0 Å². The van der Waals surface area contributed by atoms with Gasteiger partial charge < -0.3 is 9.90 Å². The fourth-order valence-electron chi connectivity index (χ4n) is 0.849. The van der Waals surface area contributed by atoms with Crippen LogP contribution in [0, 0.1) is 11.8 Å². The van der Waals surface area contributed by atoms with Crippen LogP contribution in [-0.4, -0.2) is 17.4 Å². The van der Waals surface area contributed by atoms with Gasteiger partial charge in [-0.05, 0) is 12.3 Å². The number of aliphatic carboxylic acids is 1. The Kier molecular flexibility index (Phi) is 4.50.